The number of amides is 1. The van der Waals surface area contributed by atoms with E-state index in [0.29, 0.717) is 13.1 Å². The van der Waals surface area contributed by atoms with E-state index in [1.54, 1.807) is 29.9 Å². The van der Waals surface area contributed by atoms with Crippen molar-refractivity contribution < 1.29 is 19.5 Å². The molecule has 1 aromatic carbocycles. The van der Waals surface area contributed by atoms with E-state index in [9.17, 15) is 14.3 Å². The van der Waals surface area contributed by atoms with Crippen molar-refractivity contribution >= 4 is 16.8 Å². The molecule has 8 heteroatoms. The van der Waals surface area contributed by atoms with Crippen LogP contribution in [-0.2, 0) is 13.1 Å². The highest BCUT2D eigenvalue weighted by molar-refractivity contribution is 5.96. The number of hydrogen-bond donors (Lipinski definition) is 3. The highest BCUT2D eigenvalue weighted by atomic mass is 19.1. The molecule has 0 atom stereocenters. The molecule has 3 N–H and O–H groups in total. The molecule has 29 heavy (non-hydrogen) atoms. The van der Waals surface area contributed by atoms with Crippen LogP contribution in [0.3, 0.4) is 0 Å². The Balaban J connectivity index is 1.69. The molecule has 0 radical (unpaired) electrons. The van der Waals surface area contributed by atoms with E-state index in [2.05, 4.69) is 9.88 Å². The molecule has 2 aromatic heterocycles. The first-order valence-electron chi connectivity index (χ1n) is 9.60. The number of piperidine rings is 1. The number of pyridine rings is 1. The molecule has 1 saturated heterocycles. The molecule has 3 heterocycles. The van der Waals surface area contributed by atoms with Crippen LogP contribution in [0.4, 0.5) is 4.39 Å². The van der Waals surface area contributed by atoms with Gasteiger partial charge in [0, 0.05) is 37.8 Å². The Morgan fingerprint density at radius 3 is 2.62 bits per heavy atom. The van der Waals surface area contributed by atoms with Gasteiger partial charge in [0.2, 0.25) is 0 Å². The van der Waals surface area contributed by atoms with Crippen LogP contribution in [0, 0.1) is 5.82 Å². The first kappa shape index (κ1) is 19.5. The predicted molar refractivity (Wildman–Crippen MR) is 105 cm³/mol. The van der Waals surface area contributed by atoms with Crippen LogP contribution in [0.25, 0.3) is 10.9 Å². The molecule has 7 nitrogen and oxygen atoms in total. The summed E-state index contributed by atoms with van der Waals surface area (Å²) >= 11 is 0. The smallest absolute Gasteiger partial charge is 0.293 e. The standard InChI is InChI=1S/C21H23FN4O3/c22-16-3-1-14(2-4-16)11-26-13-15(12-25-7-5-17(27)6-8-25)18-9-19(21(28)24-29)23-10-20(18)26/h1-4,9-10,13,17,27,29H,5-8,11-12H2,(H,24,28). The third-order valence-electron chi connectivity index (χ3n) is 5.40. The van der Waals surface area contributed by atoms with Gasteiger partial charge in [-0.2, -0.15) is 0 Å². The number of nitrogens with one attached hydrogen (secondary N) is 1. The van der Waals surface area contributed by atoms with Crippen molar-refractivity contribution in [3.63, 3.8) is 0 Å². The number of carbonyl (C=O) groups excluding carboxylic acids is 1. The van der Waals surface area contributed by atoms with E-state index in [-0.39, 0.29) is 17.6 Å². The van der Waals surface area contributed by atoms with Crippen LogP contribution in [-0.4, -0.2) is 49.9 Å². The van der Waals surface area contributed by atoms with Gasteiger partial charge in [0.1, 0.15) is 11.5 Å². The minimum absolute atomic E-state index is 0.134. The summed E-state index contributed by atoms with van der Waals surface area (Å²) in [7, 11) is 0. The Kier molecular flexibility index (Phi) is 5.57. The number of aliphatic hydroxyl groups excluding tert-OH is 1. The van der Waals surface area contributed by atoms with E-state index in [1.807, 2.05) is 10.8 Å². The molecule has 1 fully saturated rings. The Bertz CT molecular complexity index is 1010. The van der Waals surface area contributed by atoms with E-state index in [0.717, 1.165) is 48.0 Å². The van der Waals surface area contributed by atoms with Crippen LogP contribution in [0.1, 0.15) is 34.5 Å². The van der Waals surface area contributed by atoms with Gasteiger partial charge >= 0.3 is 0 Å². The molecule has 0 aliphatic carbocycles. The highest BCUT2D eigenvalue weighted by Gasteiger charge is 2.20. The van der Waals surface area contributed by atoms with Crippen LogP contribution in [0.15, 0.2) is 42.7 Å². The summed E-state index contributed by atoms with van der Waals surface area (Å²) in [5.74, 6) is -0.939. The number of carbonyl (C=O) groups is 1. The summed E-state index contributed by atoms with van der Waals surface area (Å²) in [5, 5.41) is 19.6. The summed E-state index contributed by atoms with van der Waals surface area (Å²) in [4.78, 5) is 18.3. The molecular weight excluding hydrogens is 375 g/mol. The zero-order valence-electron chi connectivity index (χ0n) is 15.9. The molecular formula is C21H23FN4O3. The van der Waals surface area contributed by atoms with E-state index in [1.165, 1.54) is 12.1 Å². The SMILES string of the molecule is O=C(NO)c1cc2c(CN3CCC(O)CC3)cn(Cc3ccc(F)cc3)c2cn1. The number of nitrogens with zero attached hydrogens (tertiary/aromatic N) is 3. The van der Waals surface area contributed by atoms with Crippen molar-refractivity contribution in [2.24, 2.45) is 0 Å². The van der Waals surface area contributed by atoms with Crippen molar-refractivity contribution in [2.45, 2.75) is 32.0 Å². The Labute approximate surface area is 167 Å². The van der Waals surface area contributed by atoms with Crippen molar-refractivity contribution in [2.75, 3.05) is 13.1 Å². The number of likely N-dealkylation sites (tertiary alicyclic amines) is 1. The lowest BCUT2D eigenvalue weighted by Gasteiger charge is -2.29. The predicted octanol–water partition coefficient (Wildman–Crippen LogP) is 2.30. The lowest BCUT2D eigenvalue weighted by molar-refractivity contribution is 0.0700. The summed E-state index contributed by atoms with van der Waals surface area (Å²) in [6.07, 6.45) is 4.89. The second-order valence-electron chi connectivity index (χ2n) is 7.44. The molecule has 0 saturated carbocycles. The molecule has 3 aromatic rings. The third-order valence-corrected chi connectivity index (χ3v) is 5.40. The van der Waals surface area contributed by atoms with Crippen molar-refractivity contribution in [1.82, 2.24) is 19.9 Å². The minimum Gasteiger partial charge on any atom is -0.393 e. The average molecular weight is 398 g/mol. The molecule has 0 bridgehead atoms. The zero-order chi connectivity index (χ0) is 20.4. The van der Waals surface area contributed by atoms with Crippen molar-refractivity contribution in [1.29, 1.82) is 0 Å². The maximum Gasteiger partial charge on any atom is 0.293 e. The molecule has 152 valence electrons. The highest BCUT2D eigenvalue weighted by Crippen LogP contribution is 2.25. The molecule has 0 spiro atoms. The fourth-order valence-corrected chi connectivity index (χ4v) is 3.80. The fraction of sp³-hybridized carbons (Fsp3) is 0.333. The van der Waals surface area contributed by atoms with Gasteiger partial charge in [-0.25, -0.2) is 14.9 Å². The zero-order valence-corrected chi connectivity index (χ0v) is 15.9. The molecule has 4 rings (SSSR count). The lowest BCUT2D eigenvalue weighted by Crippen LogP contribution is -2.35. The molecule has 1 amide bonds. The minimum atomic E-state index is -0.662. The number of hydroxylamine groups is 1. The van der Waals surface area contributed by atoms with E-state index >= 15 is 0 Å². The largest absolute Gasteiger partial charge is 0.393 e. The van der Waals surface area contributed by atoms with Crippen molar-refractivity contribution in [3.05, 3.63) is 65.4 Å². The number of halogens is 1. The monoisotopic (exact) mass is 398 g/mol. The first-order chi connectivity index (χ1) is 14.0. The number of hydrogen-bond acceptors (Lipinski definition) is 5. The second-order valence-corrected chi connectivity index (χ2v) is 7.44. The first-order valence-corrected chi connectivity index (χ1v) is 9.60. The van der Waals surface area contributed by atoms with Crippen LogP contribution in [0.5, 0.6) is 0 Å². The number of fused-ring (bicyclic) bond motifs is 1. The van der Waals surface area contributed by atoms with Crippen LogP contribution >= 0.6 is 0 Å². The van der Waals surface area contributed by atoms with Gasteiger partial charge in [-0.1, -0.05) is 12.1 Å². The number of benzene rings is 1. The van der Waals surface area contributed by atoms with Gasteiger partial charge in [0.25, 0.3) is 5.91 Å². The topological polar surface area (TPSA) is 90.6 Å². The van der Waals surface area contributed by atoms with Crippen molar-refractivity contribution in [3.8, 4) is 0 Å². The maximum atomic E-state index is 13.2. The maximum absolute atomic E-state index is 13.2. The quantitative estimate of drug-likeness (QED) is 0.453. The normalized spacial score (nSPS) is 15.7. The number of aromatic nitrogens is 2. The summed E-state index contributed by atoms with van der Waals surface area (Å²) < 4.78 is 15.3. The Morgan fingerprint density at radius 1 is 1.21 bits per heavy atom. The van der Waals surface area contributed by atoms with Crippen LogP contribution in [0.2, 0.25) is 0 Å². The van der Waals surface area contributed by atoms with Gasteiger partial charge in [-0.15, -0.1) is 0 Å². The Morgan fingerprint density at radius 2 is 1.93 bits per heavy atom. The van der Waals surface area contributed by atoms with Gasteiger partial charge in [0.15, 0.2) is 0 Å². The average Bonchev–Trinajstić information content (AvgIpc) is 3.07. The van der Waals surface area contributed by atoms with E-state index in [4.69, 9.17) is 5.21 Å². The summed E-state index contributed by atoms with van der Waals surface area (Å²) in [6, 6.07) is 8.03. The molecule has 0 unspecified atom stereocenters. The number of rotatable bonds is 5. The molecule has 1 aliphatic rings. The fourth-order valence-electron chi connectivity index (χ4n) is 3.80. The summed E-state index contributed by atoms with van der Waals surface area (Å²) in [5.41, 5.74) is 4.60. The third kappa shape index (κ3) is 4.29. The number of aliphatic hydroxyl groups is 1. The van der Waals surface area contributed by atoms with Gasteiger partial charge < -0.3 is 9.67 Å². The Hall–Kier alpha value is -2.81. The van der Waals surface area contributed by atoms with Gasteiger partial charge in [-0.05, 0) is 42.2 Å². The van der Waals surface area contributed by atoms with Gasteiger partial charge in [0.05, 0.1) is 17.8 Å². The molecule has 1 aliphatic heterocycles. The van der Waals surface area contributed by atoms with Crippen LogP contribution < -0.4 is 5.48 Å². The second kappa shape index (κ2) is 8.28. The van der Waals surface area contributed by atoms with Gasteiger partial charge in [-0.3, -0.25) is 14.9 Å². The van der Waals surface area contributed by atoms with E-state index < -0.39 is 5.91 Å². The lowest BCUT2D eigenvalue weighted by atomic mass is 10.1. The summed E-state index contributed by atoms with van der Waals surface area (Å²) in [6.45, 7) is 2.84.